The Morgan fingerprint density at radius 2 is 2.07 bits per heavy atom. The first kappa shape index (κ1) is 19.9. The molecule has 0 saturated heterocycles. The van der Waals surface area contributed by atoms with E-state index in [2.05, 4.69) is 27.4 Å². The summed E-state index contributed by atoms with van der Waals surface area (Å²) < 4.78 is 1.99. The van der Waals surface area contributed by atoms with Gasteiger partial charge in [-0.2, -0.15) is 0 Å². The van der Waals surface area contributed by atoms with Gasteiger partial charge in [-0.3, -0.25) is 9.20 Å². The first-order valence-electron chi connectivity index (χ1n) is 9.93. The number of carbonyl (C=O) groups is 1. The van der Waals surface area contributed by atoms with Crippen LogP contribution in [0.5, 0.6) is 0 Å². The zero-order chi connectivity index (χ0) is 21.0. The SMILES string of the molecule is Cc1nc(NC(=O)CSc2nnc3c4c5c(sc4nc(C)n23)C[C@H](C)CC5)sc1C. The van der Waals surface area contributed by atoms with Gasteiger partial charge in [0.1, 0.15) is 10.7 Å². The highest BCUT2D eigenvalue weighted by Gasteiger charge is 2.25. The van der Waals surface area contributed by atoms with E-state index in [1.54, 1.807) is 11.3 Å². The van der Waals surface area contributed by atoms with Crippen molar-refractivity contribution in [3.8, 4) is 0 Å². The van der Waals surface area contributed by atoms with Gasteiger partial charge in [0.15, 0.2) is 15.9 Å². The lowest BCUT2D eigenvalue weighted by Crippen LogP contribution is -2.14. The van der Waals surface area contributed by atoms with Crippen LogP contribution in [0.3, 0.4) is 0 Å². The van der Waals surface area contributed by atoms with E-state index in [0.717, 1.165) is 51.0 Å². The minimum atomic E-state index is -0.0981. The second-order valence-electron chi connectivity index (χ2n) is 7.83. The largest absolute Gasteiger partial charge is 0.301 e. The van der Waals surface area contributed by atoms with Crippen LogP contribution < -0.4 is 5.32 Å². The van der Waals surface area contributed by atoms with Crippen LogP contribution in [0.2, 0.25) is 0 Å². The number of anilines is 1. The van der Waals surface area contributed by atoms with Gasteiger partial charge in [0, 0.05) is 9.75 Å². The highest BCUT2D eigenvalue weighted by molar-refractivity contribution is 7.99. The van der Waals surface area contributed by atoms with Crippen LogP contribution in [-0.2, 0) is 17.6 Å². The third kappa shape index (κ3) is 3.40. The number of hydrogen-bond donors (Lipinski definition) is 1. The maximum atomic E-state index is 12.4. The number of amides is 1. The standard InChI is InChI=1S/C20H22N6OS3/c1-9-5-6-13-14(7-9)30-18-16(13)17-24-25-20(26(17)12(4)22-18)28-8-15(27)23-19-21-10(2)11(3)29-19/h9H,5-8H2,1-4H3,(H,21,23,27)/t9-/m1/s1. The predicted octanol–water partition coefficient (Wildman–Crippen LogP) is 4.58. The molecule has 156 valence electrons. The maximum absolute atomic E-state index is 12.4. The third-order valence-corrected chi connectivity index (χ3v) is 8.61. The molecule has 1 aliphatic carbocycles. The molecule has 10 heteroatoms. The van der Waals surface area contributed by atoms with Gasteiger partial charge in [0.25, 0.3) is 0 Å². The lowest BCUT2D eigenvalue weighted by Gasteiger charge is -2.17. The Kier molecular flexibility index (Phi) is 5.03. The average Bonchev–Trinajstić information content (AvgIpc) is 3.35. The molecule has 1 amide bonds. The van der Waals surface area contributed by atoms with Gasteiger partial charge < -0.3 is 5.32 Å². The highest BCUT2D eigenvalue weighted by atomic mass is 32.2. The van der Waals surface area contributed by atoms with Crippen molar-refractivity contribution in [2.45, 2.75) is 52.1 Å². The van der Waals surface area contributed by atoms with Gasteiger partial charge in [-0.25, -0.2) is 9.97 Å². The summed E-state index contributed by atoms with van der Waals surface area (Å²) in [6.07, 6.45) is 3.39. The molecule has 7 nitrogen and oxygen atoms in total. The molecule has 4 heterocycles. The van der Waals surface area contributed by atoms with E-state index in [4.69, 9.17) is 4.98 Å². The number of hydrogen-bond acceptors (Lipinski definition) is 8. The quantitative estimate of drug-likeness (QED) is 0.451. The number of rotatable bonds is 4. The number of thiazole rings is 1. The van der Waals surface area contributed by atoms with Crippen LogP contribution >= 0.6 is 34.4 Å². The van der Waals surface area contributed by atoms with E-state index in [1.807, 2.05) is 25.2 Å². The second-order valence-corrected chi connectivity index (χ2v) is 11.1. The number of carbonyl (C=O) groups excluding carboxylic acids is 1. The maximum Gasteiger partial charge on any atom is 0.236 e. The minimum Gasteiger partial charge on any atom is -0.301 e. The molecule has 1 N–H and O–H groups in total. The molecule has 0 fully saturated rings. The summed E-state index contributed by atoms with van der Waals surface area (Å²) in [5, 5.41) is 14.3. The van der Waals surface area contributed by atoms with Gasteiger partial charge in [0.2, 0.25) is 5.91 Å². The van der Waals surface area contributed by atoms with Gasteiger partial charge in [-0.15, -0.1) is 32.9 Å². The van der Waals surface area contributed by atoms with Crippen molar-refractivity contribution in [2.75, 3.05) is 11.1 Å². The molecular formula is C20H22N6OS3. The predicted molar refractivity (Wildman–Crippen MR) is 123 cm³/mol. The van der Waals surface area contributed by atoms with Crippen molar-refractivity contribution in [3.63, 3.8) is 0 Å². The van der Waals surface area contributed by atoms with E-state index >= 15 is 0 Å². The van der Waals surface area contributed by atoms with Crippen LogP contribution in [0.1, 0.15) is 40.2 Å². The first-order valence-corrected chi connectivity index (χ1v) is 12.5. The molecule has 0 aliphatic heterocycles. The molecule has 30 heavy (non-hydrogen) atoms. The number of thiophene rings is 1. The van der Waals surface area contributed by atoms with Crippen molar-refractivity contribution < 1.29 is 4.79 Å². The van der Waals surface area contributed by atoms with E-state index in [1.165, 1.54) is 40.0 Å². The molecule has 0 bridgehead atoms. The fourth-order valence-corrected chi connectivity index (χ4v) is 6.90. The van der Waals surface area contributed by atoms with Crippen molar-refractivity contribution in [1.82, 2.24) is 24.6 Å². The topological polar surface area (TPSA) is 85.1 Å². The number of aryl methyl sites for hydroxylation is 4. The lowest BCUT2D eigenvalue weighted by atomic mass is 9.89. The number of aromatic nitrogens is 5. The van der Waals surface area contributed by atoms with Crippen LogP contribution in [0.25, 0.3) is 15.9 Å². The summed E-state index contributed by atoms with van der Waals surface area (Å²) in [6, 6.07) is 0. The molecule has 1 atom stereocenters. The minimum absolute atomic E-state index is 0.0981. The summed E-state index contributed by atoms with van der Waals surface area (Å²) in [6.45, 7) is 8.23. The second kappa shape index (κ2) is 7.58. The molecule has 0 aromatic carbocycles. The number of nitrogens with one attached hydrogen (secondary N) is 1. The summed E-state index contributed by atoms with van der Waals surface area (Å²) in [5.41, 5.74) is 3.20. The van der Waals surface area contributed by atoms with E-state index in [9.17, 15) is 4.79 Å². The number of nitrogens with zero attached hydrogens (tertiary/aromatic N) is 5. The monoisotopic (exact) mass is 458 g/mol. The van der Waals surface area contributed by atoms with Crippen LogP contribution in [0.4, 0.5) is 5.13 Å². The zero-order valence-electron chi connectivity index (χ0n) is 17.3. The van der Waals surface area contributed by atoms with Gasteiger partial charge in [-0.05, 0) is 51.5 Å². The normalized spacial score (nSPS) is 16.3. The highest BCUT2D eigenvalue weighted by Crippen LogP contribution is 2.39. The number of thioether (sulfide) groups is 1. The molecule has 0 radical (unpaired) electrons. The Labute approximate surface area is 186 Å². The molecule has 5 rings (SSSR count). The fourth-order valence-electron chi connectivity index (χ4n) is 3.87. The van der Waals surface area contributed by atoms with Gasteiger partial charge in [-0.1, -0.05) is 18.7 Å². The first-order chi connectivity index (χ1) is 14.4. The molecule has 0 spiro atoms. The Morgan fingerprint density at radius 1 is 1.23 bits per heavy atom. The molecule has 1 aliphatic rings. The molecule has 0 saturated carbocycles. The van der Waals surface area contributed by atoms with Crippen molar-refractivity contribution in [3.05, 3.63) is 26.8 Å². The van der Waals surface area contributed by atoms with Crippen LogP contribution in [-0.4, -0.2) is 36.2 Å². The zero-order valence-corrected chi connectivity index (χ0v) is 19.7. The molecule has 4 aromatic heterocycles. The summed E-state index contributed by atoms with van der Waals surface area (Å²) in [5.74, 6) is 1.72. The number of fused-ring (bicyclic) bond motifs is 5. The Morgan fingerprint density at radius 3 is 2.83 bits per heavy atom. The summed E-state index contributed by atoms with van der Waals surface area (Å²) in [7, 11) is 0. The van der Waals surface area contributed by atoms with Crippen LogP contribution in [0.15, 0.2) is 5.16 Å². The Bertz CT molecular complexity index is 1270. The van der Waals surface area contributed by atoms with E-state index < -0.39 is 0 Å². The third-order valence-electron chi connectivity index (χ3n) is 5.54. The Hall–Kier alpha value is -2.04. The molecule has 0 unspecified atom stereocenters. The lowest BCUT2D eigenvalue weighted by molar-refractivity contribution is -0.113. The summed E-state index contributed by atoms with van der Waals surface area (Å²) in [4.78, 5) is 25.2. The smallest absolute Gasteiger partial charge is 0.236 e. The Balaban J connectivity index is 1.43. The average molecular weight is 459 g/mol. The summed E-state index contributed by atoms with van der Waals surface area (Å²) >= 11 is 4.66. The molecule has 4 aromatic rings. The van der Waals surface area contributed by atoms with Crippen molar-refractivity contribution >= 4 is 61.3 Å². The van der Waals surface area contributed by atoms with Gasteiger partial charge in [0.05, 0.1) is 16.8 Å². The van der Waals surface area contributed by atoms with Crippen molar-refractivity contribution in [1.29, 1.82) is 0 Å². The van der Waals surface area contributed by atoms with Gasteiger partial charge >= 0.3 is 0 Å². The van der Waals surface area contributed by atoms with Crippen LogP contribution in [0, 0.1) is 26.7 Å². The fraction of sp³-hybridized carbons (Fsp3) is 0.450. The van der Waals surface area contributed by atoms with E-state index in [0.29, 0.717) is 10.3 Å². The van der Waals surface area contributed by atoms with Crippen molar-refractivity contribution in [2.24, 2.45) is 5.92 Å². The van der Waals surface area contributed by atoms with E-state index in [-0.39, 0.29) is 11.7 Å². The molecular weight excluding hydrogens is 436 g/mol.